The van der Waals surface area contributed by atoms with Crippen LogP contribution < -0.4 is 0 Å². The molecule has 0 saturated carbocycles. The monoisotopic (exact) mass is 266 g/mol. The van der Waals surface area contributed by atoms with Crippen LogP contribution >= 0.6 is 15.9 Å². The van der Waals surface area contributed by atoms with Crippen LogP contribution in [-0.4, -0.2) is 5.11 Å². The first-order valence-corrected chi connectivity index (χ1v) is 5.78. The Morgan fingerprint density at radius 2 is 2.20 bits per heavy atom. The van der Waals surface area contributed by atoms with Crippen molar-refractivity contribution in [2.45, 2.75) is 32.8 Å². The third kappa shape index (κ3) is 3.70. The first-order chi connectivity index (χ1) is 7.15. The normalized spacial score (nSPS) is 11.7. The Morgan fingerprint density at radius 3 is 2.80 bits per heavy atom. The second-order valence-corrected chi connectivity index (χ2v) is 4.36. The fraction of sp³-hybridized carbons (Fsp3) is 0.385. The van der Waals surface area contributed by atoms with Crippen LogP contribution in [0.15, 0.2) is 22.7 Å². The summed E-state index contributed by atoms with van der Waals surface area (Å²) in [6.07, 6.45) is 0.987. The highest BCUT2D eigenvalue weighted by atomic mass is 79.9. The first-order valence-electron chi connectivity index (χ1n) is 4.99. The summed E-state index contributed by atoms with van der Waals surface area (Å²) in [7, 11) is 0. The molecule has 0 amide bonds. The zero-order valence-corrected chi connectivity index (χ0v) is 10.6. The fourth-order valence-corrected chi connectivity index (χ4v) is 2.15. The molecule has 1 nitrogen and oxygen atoms in total. The molecule has 0 bridgehead atoms. The molecule has 0 fully saturated rings. The van der Waals surface area contributed by atoms with Gasteiger partial charge in [0.25, 0.3) is 0 Å². The van der Waals surface area contributed by atoms with E-state index in [-0.39, 0.29) is 0 Å². The van der Waals surface area contributed by atoms with E-state index >= 15 is 0 Å². The van der Waals surface area contributed by atoms with Gasteiger partial charge < -0.3 is 5.11 Å². The number of hydrogen-bond acceptors (Lipinski definition) is 1. The SMILES string of the molecule is CC#CCCC(O)c1ccc(C)cc1Br. The highest BCUT2D eigenvalue weighted by Crippen LogP contribution is 2.27. The zero-order chi connectivity index (χ0) is 11.3. The van der Waals surface area contributed by atoms with Crippen molar-refractivity contribution in [2.24, 2.45) is 0 Å². The second kappa shape index (κ2) is 5.95. The van der Waals surface area contributed by atoms with Crippen molar-refractivity contribution < 1.29 is 5.11 Å². The van der Waals surface area contributed by atoms with Crippen LogP contribution in [0.4, 0.5) is 0 Å². The lowest BCUT2D eigenvalue weighted by molar-refractivity contribution is 0.168. The average Bonchev–Trinajstić information content (AvgIpc) is 2.17. The molecule has 1 aromatic rings. The van der Waals surface area contributed by atoms with Crippen molar-refractivity contribution in [3.63, 3.8) is 0 Å². The molecule has 80 valence electrons. The van der Waals surface area contributed by atoms with Gasteiger partial charge in [-0.15, -0.1) is 11.8 Å². The molecule has 15 heavy (non-hydrogen) atoms. The predicted octanol–water partition coefficient (Wildman–Crippen LogP) is 3.59. The standard InChI is InChI=1S/C13H15BrO/c1-3-4-5-6-13(15)11-8-7-10(2)9-12(11)14/h7-9,13,15H,5-6H2,1-2H3. The molecule has 0 aliphatic carbocycles. The molecule has 0 aromatic heterocycles. The number of benzene rings is 1. The van der Waals surface area contributed by atoms with Gasteiger partial charge in [-0.1, -0.05) is 28.1 Å². The minimum Gasteiger partial charge on any atom is -0.388 e. The van der Waals surface area contributed by atoms with E-state index in [1.807, 2.05) is 32.0 Å². The molecule has 0 saturated heterocycles. The summed E-state index contributed by atoms with van der Waals surface area (Å²) < 4.78 is 0.972. The molecule has 1 unspecified atom stereocenters. The van der Waals surface area contributed by atoms with Crippen molar-refractivity contribution in [1.29, 1.82) is 0 Å². The van der Waals surface area contributed by atoms with Gasteiger partial charge in [0, 0.05) is 10.9 Å². The Kier molecular flexibility index (Phi) is 4.87. The van der Waals surface area contributed by atoms with Gasteiger partial charge in [-0.3, -0.25) is 0 Å². The van der Waals surface area contributed by atoms with Gasteiger partial charge in [0.1, 0.15) is 0 Å². The van der Waals surface area contributed by atoms with Gasteiger partial charge in [0.15, 0.2) is 0 Å². The molecular formula is C13H15BrO. The van der Waals surface area contributed by atoms with Crippen molar-refractivity contribution in [1.82, 2.24) is 0 Å². The Bertz CT molecular complexity index is 387. The first kappa shape index (κ1) is 12.3. The highest BCUT2D eigenvalue weighted by molar-refractivity contribution is 9.10. The quantitative estimate of drug-likeness (QED) is 0.830. The van der Waals surface area contributed by atoms with Crippen molar-refractivity contribution in [2.75, 3.05) is 0 Å². The van der Waals surface area contributed by atoms with Gasteiger partial charge >= 0.3 is 0 Å². The minimum absolute atomic E-state index is 0.430. The van der Waals surface area contributed by atoms with Crippen LogP contribution in [0.1, 0.15) is 37.0 Å². The lowest BCUT2D eigenvalue weighted by atomic mass is 10.0. The number of aryl methyl sites for hydroxylation is 1. The smallest absolute Gasteiger partial charge is 0.0810 e. The van der Waals surface area contributed by atoms with Crippen LogP contribution in [0.25, 0.3) is 0 Å². The molecule has 0 aliphatic heterocycles. The second-order valence-electron chi connectivity index (χ2n) is 3.51. The van der Waals surface area contributed by atoms with E-state index in [0.717, 1.165) is 16.5 Å². The lowest BCUT2D eigenvalue weighted by Crippen LogP contribution is -1.98. The van der Waals surface area contributed by atoms with Crippen LogP contribution in [0, 0.1) is 18.8 Å². The van der Waals surface area contributed by atoms with E-state index in [1.54, 1.807) is 0 Å². The van der Waals surface area contributed by atoms with Crippen LogP contribution in [-0.2, 0) is 0 Å². The van der Waals surface area contributed by atoms with E-state index in [2.05, 4.69) is 27.8 Å². The maximum absolute atomic E-state index is 9.92. The summed E-state index contributed by atoms with van der Waals surface area (Å²) in [6.45, 7) is 3.84. The van der Waals surface area contributed by atoms with Gasteiger partial charge in [0.05, 0.1) is 6.10 Å². The number of aliphatic hydroxyl groups excluding tert-OH is 1. The van der Waals surface area contributed by atoms with Crippen LogP contribution in [0.5, 0.6) is 0 Å². The molecule has 2 heteroatoms. The summed E-state index contributed by atoms with van der Waals surface area (Å²) in [5, 5.41) is 9.92. The zero-order valence-electron chi connectivity index (χ0n) is 9.05. The number of hydrogen-bond donors (Lipinski definition) is 1. The molecule has 0 spiro atoms. The third-order valence-electron chi connectivity index (χ3n) is 2.23. The van der Waals surface area contributed by atoms with Crippen molar-refractivity contribution >= 4 is 15.9 Å². The Hall–Kier alpha value is -0.780. The maximum Gasteiger partial charge on any atom is 0.0810 e. The molecule has 1 N–H and O–H groups in total. The number of rotatable bonds is 3. The van der Waals surface area contributed by atoms with Gasteiger partial charge in [-0.05, 0) is 37.5 Å². The Morgan fingerprint density at radius 1 is 1.47 bits per heavy atom. The number of aliphatic hydroxyl groups is 1. The van der Waals surface area contributed by atoms with Crippen LogP contribution in [0.3, 0.4) is 0 Å². The van der Waals surface area contributed by atoms with Crippen molar-refractivity contribution in [3.8, 4) is 11.8 Å². The average molecular weight is 267 g/mol. The van der Waals surface area contributed by atoms with Gasteiger partial charge in [-0.25, -0.2) is 0 Å². The summed E-state index contributed by atoms with van der Waals surface area (Å²) in [4.78, 5) is 0. The molecular weight excluding hydrogens is 252 g/mol. The van der Waals surface area contributed by atoms with Gasteiger partial charge in [0.2, 0.25) is 0 Å². The summed E-state index contributed by atoms with van der Waals surface area (Å²) in [6, 6.07) is 5.99. The third-order valence-corrected chi connectivity index (χ3v) is 2.92. The van der Waals surface area contributed by atoms with Crippen LogP contribution in [0.2, 0.25) is 0 Å². The van der Waals surface area contributed by atoms with E-state index in [9.17, 15) is 5.11 Å². The largest absolute Gasteiger partial charge is 0.388 e. The fourth-order valence-electron chi connectivity index (χ4n) is 1.39. The van der Waals surface area contributed by atoms with E-state index in [0.29, 0.717) is 6.42 Å². The minimum atomic E-state index is -0.430. The van der Waals surface area contributed by atoms with E-state index in [4.69, 9.17) is 0 Å². The molecule has 0 heterocycles. The van der Waals surface area contributed by atoms with E-state index < -0.39 is 6.10 Å². The van der Waals surface area contributed by atoms with Crippen molar-refractivity contribution in [3.05, 3.63) is 33.8 Å². The Balaban J connectivity index is 2.71. The summed E-state index contributed by atoms with van der Waals surface area (Å²) in [5.41, 5.74) is 2.13. The van der Waals surface area contributed by atoms with E-state index in [1.165, 1.54) is 5.56 Å². The van der Waals surface area contributed by atoms with Gasteiger partial charge in [-0.2, -0.15) is 0 Å². The molecule has 0 aliphatic rings. The predicted molar refractivity (Wildman–Crippen MR) is 66.5 cm³/mol. The Labute approximate surface area is 99.6 Å². The topological polar surface area (TPSA) is 20.2 Å². The molecule has 0 radical (unpaired) electrons. The lowest BCUT2D eigenvalue weighted by Gasteiger charge is -2.11. The number of halogens is 1. The molecule has 1 rings (SSSR count). The summed E-state index contributed by atoms with van der Waals surface area (Å²) in [5.74, 6) is 5.78. The maximum atomic E-state index is 9.92. The highest BCUT2D eigenvalue weighted by Gasteiger charge is 2.10. The summed E-state index contributed by atoms with van der Waals surface area (Å²) >= 11 is 3.46. The molecule has 1 atom stereocenters. The molecule has 1 aromatic carbocycles.